The fourth-order valence-electron chi connectivity index (χ4n) is 2.70. The first-order valence-corrected chi connectivity index (χ1v) is 7.88. The average Bonchev–Trinajstić information content (AvgIpc) is 2.56. The van der Waals surface area contributed by atoms with Crippen molar-refractivity contribution in [3.63, 3.8) is 0 Å². The second-order valence-electron chi connectivity index (χ2n) is 5.50. The molecule has 0 radical (unpaired) electrons. The SMILES string of the molecule is C=CC[C@H](C)c1nc2ccccc2c(=O)n1-c1ccccc1Cl. The molecule has 23 heavy (non-hydrogen) atoms. The van der Waals surface area contributed by atoms with Crippen LogP contribution in [0, 0.1) is 0 Å². The maximum absolute atomic E-state index is 13.0. The molecule has 0 saturated carbocycles. The van der Waals surface area contributed by atoms with E-state index in [1.807, 2.05) is 49.4 Å². The Hall–Kier alpha value is -2.39. The minimum absolute atomic E-state index is 0.0566. The Morgan fingerprint density at radius 3 is 2.65 bits per heavy atom. The number of allylic oxidation sites excluding steroid dienone is 1. The van der Waals surface area contributed by atoms with Crippen LogP contribution >= 0.6 is 11.6 Å². The largest absolute Gasteiger partial charge is 0.268 e. The van der Waals surface area contributed by atoms with Gasteiger partial charge in [-0.3, -0.25) is 9.36 Å². The number of benzene rings is 2. The first kappa shape index (κ1) is 15.5. The van der Waals surface area contributed by atoms with Crippen molar-refractivity contribution in [1.29, 1.82) is 0 Å². The van der Waals surface area contributed by atoms with Gasteiger partial charge in [-0.25, -0.2) is 4.98 Å². The average molecular weight is 325 g/mol. The van der Waals surface area contributed by atoms with Crippen molar-refractivity contribution in [3.8, 4) is 5.69 Å². The minimum atomic E-state index is -0.102. The molecule has 3 rings (SSSR count). The molecule has 0 N–H and O–H groups in total. The first-order chi connectivity index (χ1) is 11.1. The van der Waals surface area contributed by atoms with Crippen molar-refractivity contribution in [2.45, 2.75) is 19.3 Å². The van der Waals surface area contributed by atoms with Crippen LogP contribution in [0.4, 0.5) is 0 Å². The molecule has 0 saturated heterocycles. The van der Waals surface area contributed by atoms with Gasteiger partial charge in [0.15, 0.2) is 0 Å². The second kappa shape index (κ2) is 6.39. The summed E-state index contributed by atoms with van der Waals surface area (Å²) in [5.41, 5.74) is 1.25. The molecule has 0 spiro atoms. The summed E-state index contributed by atoms with van der Waals surface area (Å²) >= 11 is 6.33. The number of hydrogen-bond donors (Lipinski definition) is 0. The number of rotatable bonds is 4. The van der Waals surface area contributed by atoms with Crippen LogP contribution in [-0.4, -0.2) is 9.55 Å². The number of hydrogen-bond acceptors (Lipinski definition) is 2. The summed E-state index contributed by atoms with van der Waals surface area (Å²) in [5, 5.41) is 1.11. The van der Waals surface area contributed by atoms with Gasteiger partial charge in [0.2, 0.25) is 0 Å². The molecule has 0 amide bonds. The monoisotopic (exact) mass is 324 g/mol. The molecule has 116 valence electrons. The summed E-state index contributed by atoms with van der Waals surface area (Å²) in [6.45, 7) is 5.82. The standard InChI is InChI=1S/C19H17ClN2O/c1-3-8-13(2)18-21-16-11-6-4-9-14(16)19(23)22(18)17-12-7-5-10-15(17)20/h3-7,9-13H,1,8H2,2H3/t13-/m0/s1. The van der Waals surface area contributed by atoms with Crippen LogP contribution in [0.2, 0.25) is 5.02 Å². The highest BCUT2D eigenvalue weighted by molar-refractivity contribution is 6.32. The molecule has 2 aromatic carbocycles. The van der Waals surface area contributed by atoms with Crippen LogP contribution in [0.1, 0.15) is 25.1 Å². The summed E-state index contributed by atoms with van der Waals surface area (Å²) in [7, 11) is 0. The highest BCUT2D eigenvalue weighted by Crippen LogP contribution is 2.25. The van der Waals surface area contributed by atoms with Crippen molar-refractivity contribution in [1.82, 2.24) is 9.55 Å². The fourth-order valence-corrected chi connectivity index (χ4v) is 2.92. The van der Waals surface area contributed by atoms with E-state index in [1.165, 1.54) is 0 Å². The third kappa shape index (κ3) is 2.80. The Bertz CT molecular complexity index is 930. The third-order valence-electron chi connectivity index (χ3n) is 3.86. The second-order valence-corrected chi connectivity index (χ2v) is 5.91. The highest BCUT2D eigenvalue weighted by atomic mass is 35.5. The molecule has 0 fully saturated rings. The lowest BCUT2D eigenvalue weighted by Gasteiger charge is -2.18. The quantitative estimate of drug-likeness (QED) is 0.651. The lowest BCUT2D eigenvalue weighted by atomic mass is 10.1. The van der Waals surface area contributed by atoms with Crippen LogP contribution < -0.4 is 5.56 Å². The normalized spacial score (nSPS) is 12.3. The summed E-state index contributed by atoms with van der Waals surface area (Å²) in [6, 6.07) is 14.7. The van der Waals surface area contributed by atoms with Gasteiger partial charge in [-0.2, -0.15) is 0 Å². The molecule has 0 aliphatic heterocycles. The van der Waals surface area contributed by atoms with E-state index in [0.29, 0.717) is 27.4 Å². The number of halogens is 1. The van der Waals surface area contributed by atoms with E-state index in [2.05, 4.69) is 6.58 Å². The van der Waals surface area contributed by atoms with Crippen LogP contribution in [0.5, 0.6) is 0 Å². The highest BCUT2D eigenvalue weighted by Gasteiger charge is 2.18. The van der Waals surface area contributed by atoms with Gasteiger partial charge in [-0.05, 0) is 30.7 Å². The Labute approximate surface area is 139 Å². The lowest BCUT2D eigenvalue weighted by Crippen LogP contribution is -2.25. The molecule has 0 aliphatic carbocycles. The van der Waals surface area contributed by atoms with Crippen LogP contribution in [0.3, 0.4) is 0 Å². The molecule has 3 nitrogen and oxygen atoms in total. The van der Waals surface area contributed by atoms with Crippen LogP contribution in [0.25, 0.3) is 16.6 Å². The van der Waals surface area contributed by atoms with E-state index in [1.54, 1.807) is 16.7 Å². The zero-order valence-corrected chi connectivity index (χ0v) is 13.6. The van der Waals surface area contributed by atoms with E-state index in [-0.39, 0.29) is 11.5 Å². The van der Waals surface area contributed by atoms with Crippen molar-refractivity contribution < 1.29 is 0 Å². The minimum Gasteiger partial charge on any atom is -0.268 e. The summed E-state index contributed by atoms with van der Waals surface area (Å²) in [6.07, 6.45) is 2.57. The zero-order valence-electron chi connectivity index (χ0n) is 12.9. The van der Waals surface area contributed by atoms with Crippen molar-refractivity contribution in [2.75, 3.05) is 0 Å². The number of fused-ring (bicyclic) bond motifs is 1. The summed E-state index contributed by atoms with van der Waals surface area (Å²) in [4.78, 5) is 17.8. The molecule has 0 bridgehead atoms. The molecule has 0 aliphatic rings. The third-order valence-corrected chi connectivity index (χ3v) is 4.18. The molecule has 1 aromatic heterocycles. The topological polar surface area (TPSA) is 34.9 Å². The van der Waals surface area contributed by atoms with E-state index >= 15 is 0 Å². The van der Waals surface area contributed by atoms with E-state index in [0.717, 1.165) is 6.42 Å². The predicted molar refractivity (Wildman–Crippen MR) is 95.6 cm³/mol. The smallest absolute Gasteiger partial charge is 0.266 e. The van der Waals surface area contributed by atoms with Gasteiger partial charge >= 0.3 is 0 Å². The molecule has 4 heteroatoms. The molecular weight excluding hydrogens is 308 g/mol. The predicted octanol–water partition coefficient (Wildman–Crippen LogP) is 4.72. The number of para-hydroxylation sites is 2. The van der Waals surface area contributed by atoms with Crippen LogP contribution in [-0.2, 0) is 0 Å². The number of nitrogens with zero attached hydrogens (tertiary/aromatic N) is 2. The van der Waals surface area contributed by atoms with Gasteiger partial charge in [0, 0.05) is 5.92 Å². The first-order valence-electron chi connectivity index (χ1n) is 7.51. The van der Waals surface area contributed by atoms with Crippen molar-refractivity contribution in [2.24, 2.45) is 0 Å². The van der Waals surface area contributed by atoms with Gasteiger partial charge in [0.25, 0.3) is 5.56 Å². The molecule has 0 unspecified atom stereocenters. The Kier molecular flexibility index (Phi) is 4.30. The van der Waals surface area contributed by atoms with Gasteiger partial charge in [0.05, 0.1) is 21.6 Å². The summed E-state index contributed by atoms with van der Waals surface area (Å²) in [5.74, 6) is 0.753. The maximum atomic E-state index is 13.0. The Morgan fingerprint density at radius 1 is 1.22 bits per heavy atom. The fraction of sp³-hybridized carbons (Fsp3) is 0.158. The van der Waals surface area contributed by atoms with E-state index in [4.69, 9.17) is 16.6 Å². The van der Waals surface area contributed by atoms with Crippen LogP contribution in [0.15, 0.2) is 66.0 Å². The maximum Gasteiger partial charge on any atom is 0.266 e. The van der Waals surface area contributed by atoms with Gasteiger partial charge in [-0.15, -0.1) is 6.58 Å². The van der Waals surface area contributed by atoms with Crippen molar-refractivity contribution >= 4 is 22.5 Å². The van der Waals surface area contributed by atoms with Gasteiger partial charge in [0.1, 0.15) is 5.82 Å². The molecule has 3 aromatic rings. The Morgan fingerprint density at radius 2 is 1.91 bits per heavy atom. The number of aromatic nitrogens is 2. The molecular formula is C19H17ClN2O. The summed E-state index contributed by atoms with van der Waals surface area (Å²) < 4.78 is 1.62. The Balaban J connectivity index is 2.40. The van der Waals surface area contributed by atoms with E-state index in [9.17, 15) is 4.79 Å². The van der Waals surface area contributed by atoms with Gasteiger partial charge in [-0.1, -0.05) is 48.9 Å². The molecule has 1 atom stereocenters. The lowest BCUT2D eigenvalue weighted by molar-refractivity contribution is 0.677. The van der Waals surface area contributed by atoms with E-state index < -0.39 is 0 Å². The zero-order chi connectivity index (χ0) is 16.4. The van der Waals surface area contributed by atoms with Gasteiger partial charge < -0.3 is 0 Å². The molecule has 1 heterocycles. The van der Waals surface area contributed by atoms with Crippen molar-refractivity contribution in [3.05, 3.63) is 82.4 Å².